The van der Waals surface area contributed by atoms with E-state index in [0.717, 1.165) is 0 Å². The summed E-state index contributed by atoms with van der Waals surface area (Å²) in [7, 11) is -3.83. The average Bonchev–Trinajstić information content (AvgIpc) is 2.61. The number of nitrogens with zero attached hydrogens (tertiary/aromatic N) is 2. The van der Waals surface area contributed by atoms with Crippen LogP contribution in [0.3, 0.4) is 0 Å². The molecular weight excluding hydrogens is 400 g/mol. The van der Waals surface area contributed by atoms with Crippen LogP contribution in [0.25, 0.3) is 0 Å². The second-order valence-corrected chi connectivity index (χ2v) is 8.10. The Hall–Kier alpha value is -2.97. The van der Waals surface area contributed by atoms with Crippen molar-refractivity contribution >= 4 is 39.0 Å². The monoisotopic (exact) mass is 416 g/mol. The van der Waals surface area contributed by atoms with Crippen molar-refractivity contribution in [3.05, 3.63) is 76.7 Å². The van der Waals surface area contributed by atoms with Crippen LogP contribution in [0.5, 0.6) is 0 Å². The molecule has 0 aliphatic carbocycles. The number of benzene rings is 2. The second-order valence-electron chi connectivity index (χ2n) is 6.01. The number of halogens is 1. The minimum atomic E-state index is -3.83. The summed E-state index contributed by atoms with van der Waals surface area (Å²) in [6.07, 6.45) is 0. The van der Waals surface area contributed by atoms with Gasteiger partial charge in [-0.3, -0.25) is 9.52 Å². The fraction of sp³-hybridized carbons (Fsp3) is 0.105. The van der Waals surface area contributed by atoms with E-state index in [-0.39, 0.29) is 16.6 Å². The molecule has 0 spiro atoms. The molecular formula is C19H17ClN4O3S. The zero-order chi connectivity index (χ0) is 20.3. The van der Waals surface area contributed by atoms with Crippen LogP contribution >= 0.6 is 11.6 Å². The molecule has 0 aliphatic rings. The third-order valence-electron chi connectivity index (χ3n) is 3.75. The van der Waals surface area contributed by atoms with Gasteiger partial charge in [0.05, 0.1) is 15.5 Å². The van der Waals surface area contributed by atoms with Gasteiger partial charge in [0.15, 0.2) is 0 Å². The Kier molecular flexibility index (Phi) is 5.62. The normalized spacial score (nSPS) is 11.1. The van der Waals surface area contributed by atoms with E-state index in [1.54, 1.807) is 44.2 Å². The first-order valence-electron chi connectivity index (χ1n) is 8.26. The summed E-state index contributed by atoms with van der Waals surface area (Å²) in [4.78, 5) is 20.5. The molecule has 2 N–H and O–H groups in total. The van der Waals surface area contributed by atoms with Gasteiger partial charge in [0.1, 0.15) is 11.6 Å². The van der Waals surface area contributed by atoms with Crippen LogP contribution in [0.4, 0.5) is 11.5 Å². The van der Waals surface area contributed by atoms with Gasteiger partial charge >= 0.3 is 0 Å². The highest BCUT2D eigenvalue weighted by Crippen LogP contribution is 2.20. The molecule has 9 heteroatoms. The van der Waals surface area contributed by atoms with Crippen molar-refractivity contribution < 1.29 is 13.2 Å². The van der Waals surface area contributed by atoms with Crippen LogP contribution in [0.1, 0.15) is 21.9 Å². The Morgan fingerprint density at radius 1 is 1.00 bits per heavy atom. The van der Waals surface area contributed by atoms with E-state index in [2.05, 4.69) is 20.0 Å². The first kappa shape index (κ1) is 19.8. The highest BCUT2D eigenvalue weighted by Gasteiger charge is 2.16. The maximum atomic E-state index is 12.5. The van der Waals surface area contributed by atoms with Gasteiger partial charge in [-0.15, -0.1) is 0 Å². The first-order valence-corrected chi connectivity index (χ1v) is 10.1. The van der Waals surface area contributed by atoms with Gasteiger partial charge in [-0.2, -0.15) is 0 Å². The number of nitrogens with one attached hydrogen (secondary N) is 2. The number of anilines is 2. The molecule has 7 nitrogen and oxygen atoms in total. The van der Waals surface area contributed by atoms with E-state index in [1.807, 2.05) is 0 Å². The molecule has 0 saturated heterocycles. The summed E-state index contributed by atoms with van der Waals surface area (Å²) in [5.41, 5.74) is 1.43. The SMILES string of the molecule is Cc1cc(NS(=O)(=O)c2ccc(NC(=O)c3ccccc3Cl)cc2)nc(C)n1. The Labute approximate surface area is 167 Å². The number of aromatic nitrogens is 2. The maximum absolute atomic E-state index is 12.5. The summed E-state index contributed by atoms with van der Waals surface area (Å²) < 4.78 is 27.5. The van der Waals surface area contributed by atoms with E-state index in [9.17, 15) is 13.2 Å². The molecule has 3 aromatic rings. The van der Waals surface area contributed by atoms with Gasteiger partial charge in [0.2, 0.25) is 0 Å². The zero-order valence-corrected chi connectivity index (χ0v) is 16.7. The standard InChI is InChI=1S/C19H17ClN4O3S/c1-12-11-18(22-13(2)21-12)24-28(26,27)15-9-7-14(8-10-15)23-19(25)16-5-3-4-6-17(16)20/h3-11H,1-2H3,(H,23,25)(H,21,22,24). The van der Waals surface area contributed by atoms with E-state index < -0.39 is 10.0 Å². The van der Waals surface area contributed by atoms with Crippen molar-refractivity contribution in [2.45, 2.75) is 18.7 Å². The Morgan fingerprint density at radius 3 is 2.32 bits per heavy atom. The number of rotatable bonds is 5. The van der Waals surface area contributed by atoms with Gasteiger partial charge in [-0.05, 0) is 50.2 Å². The molecule has 0 unspecified atom stereocenters. The van der Waals surface area contributed by atoms with E-state index in [4.69, 9.17) is 11.6 Å². The van der Waals surface area contributed by atoms with E-state index in [0.29, 0.717) is 27.8 Å². The third-order valence-corrected chi connectivity index (χ3v) is 5.45. The van der Waals surface area contributed by atoms with E-state index >= 15 is 0 Å². The van der Waals surface area contributed by atoms with Crippen molar-refractivity contribution in [2.75, 3.05) is 10.0 Å². The number of carbonyl (C=O) groups is 1. The third kappa shape index (κ3) is 4.65. The molecule has 1 heterocycles. The smallest absolute Gasteiger partial charge is 0.263 e. The predicted octanol–water partition coefficient (Wildman–Crippen LogP) is 3.80. The molecule has 1 amide bonds. The predicted molar refractivity (Wildman–Crippen MR) is 108 cm³/mol. The lowest BCUT2D eigenvalue weighted by Gasteiger charge is -2.10. The fourth-order valence-corrected chi connectivity index (χ4v) is 3.74. The maximum Gasteiger partial charge on any atom is 0.263 e. The molecule has 0 atom stereocenters. The van der Waals surface area contributed by atoms with Gasteiger partial charge in [-0.25, -0.2) is 18.4 Å². The number of sulfonamides is 1. The molecule has 1 aromatic heterocycles. The summed E-state index contributed by atoms with van der Waals surface area (Å²) >= 11 is 6.01. The molecule has 0 aliphatic heterocycles. The largest absolute Gasteiger partial charge is 0.322 e. The van der Waals surface area contributed by atoms with Crippen LogP contribution in [-0.4, -0.2) is 24.3 Å². The van der Waals surface area contributed by atoms with Gasteiger partial charge < -0.3 is 5.32 Å². The molecule has 28 heavy (non-hydrogen) atoms. The highest BCUT2D eigenvalue weighted by atomic mass is 35.5. The summed E-state index contributed by atoms with van der Waals surface area (Å²) in [6.45, 7) is 3.43. The molecule has 0 saturated carbocycles. The molecule has 0 radical (unpaired) electrons. The number of hydrogen-bond acceptors (Lipinski definition) is 5. The average molecular weight is 417 g/mol. The first-order chi connectivity index (χ1) is 13.2. The van der Waals surface area contributed by atoms with Gasteiger partial charge in [0.25, 0.3) is 15.9 Å². The number of carbonyl (C=O) groups excluding carboxylic acids is 1. The van der Waals surface area contributed by atoms with E-state index in [1.165, 1.54) is 24.3 Å². The number of aryl methyl sites for hydroxylation is 2. The van der Waals surface area contributed by atoms with Crippen LogP contribution < -0.4 is 10.0 Å². The molecule has 144 valence electrons. The summed E-state index contributed by atoms with van der Waals surface area (Å²) in [6, 6.07) is 14.0. The minimum Gasteiger partial charge on any atom is -0.322 e. The summed E-state index contributed by atoms with van der Waals surface area (Å²) in [5.74, 6) is 0.280. The lowest BCUT2D eigenvalue weighted by Crippen LogP contribution is -2.15. The minimum absolute atomic E-state index is 0.0390. The van der Waals surface area contributed by atoms with Gasteiger partial charge in [-0.1, -0.05) is 23.7 Å². The molecule has 0 fully saturated rings. The topological polar surface area (TPSA) is 101 Å². The zero-order valence-electron chi connectivity index (χ0n) is 15.1. The Morgan fingerprint density at radius 2 is 1.68 bits per heavy atom. The van der Waals surface area contributed by atoms with Crippen LogP contribution in [0.15, 0.2) is 59.5 Å². The number of hydrogen-bond donors (Lipinski definition) is 2. The Bertz CT molecular complexity index is 1110. The summed E-state index contributed by atoms with van der Waals surface area (Å²) in [5, 5.41) is 3.02. The van der Waals surface area contributed by atoms with Crippen molar-refractivity contribution in [1.29, 1.82) is 0 Å². The second kappa shape index (κ2) is 7.95. The highest BCUT2D eigenvalue weighted by molar-refractivity contribution is 7.92. The molecule has 3 rings (SSSR count). The Balaban J connectivity index is 1.76. The lowest BCUT2D eigenvalue weighted by molar-refractivity contribution is 0.102. The lowest BCUT2D eigenvalue weighted by atomic mass is 10.2. The van der Waals surface area contributed by atoms with Crippen molar-refractivity contribution in [2.24, 2.45) is 0 Å². The van der Waals surface area contributed by atoms with Crippen molar-refractivity contribution in [1.82, 2.24) is 9.97 Å². The van der Waals surface area contributed by atoms with Crippen LogP contribution in [-0.2, 0) is 10.0 Å². The van der Waals surface area contributed by atoms with Crippen molar-refractivity contribution in [3.8, 4) is 0 Å². The van der Waals surface area contributed by atoms with Crippen LogP contribution in [0.2, 0.25) is 5.02 Å². The van der Waals surface area contributed by atoms with Crippen LogP contribution in [0, 0.1) is 13.8 Å². The quantitative estimate of drug-likeness (QED) is 0.658. The van der Waals surface area contributed by atoms with Gasteiger partial charge in [0, 0.05) is 17.4 Å². The number of amides is 1. The molecule has 2 aromatic carbocycles. The molecule has 0 bridgehead atoms. The fourth-order valence-electron chi connectivity index (χ4n) is 2.53. The van der Waals surface area contributed by atoms with Crippen molar-refractivity contribution in [3.63, 3.8) is 0 Å².